The third-order valence-electron chi connectivity index (χ3n) is 5.40. The van der Waals surface area contributed by atoms with Crippen molar-refractivity contribution in [2.24, 2.45) is 0 Å². The molecule has 0 bridgehead atoms. The Labute approximate surface area is 166 Å². The van der Waals surface area contributed by atoms with Gasteiger partial charge in [-0.2, -0.15) is 0 Å². The minimum absolute atomic E-state index is 0.886. The van der Waals surface area contributed by atoms with Gasteiger partial charge in [-0.25, -0.2) is 0 Å². The summed E-state index contributed by atoms with van der Waals surface area (Å²) >= 11 is 4.17. The van der Waals surface area contributed by atoms with E-state index in [1.807, 2.05) is 0 Å². The van der Waals surface area contributed by atoms with Gasteiger partial charge in [0.05, 0.1) is 0 Å². The van der Waals surface area contributed by atoms with Crippen LogP contribution in [0.4, 0.5) is 0 Å². The Kier molecular flexibility index (Phi) is 11.8. The average molecular weight is 473 g/mol. The molecule has 0 N–H and O–H groups in total. The first kappa shape index (κ1) is 23.3. The molecule has 0 aromatic heterocycles. The van der Waals surface area contributed by atoms with Crippen LogP contribution in [0.3, 0.4) is 0 Å². The Morgan fingerprint density at radius 3 is 1.80 bits per heavy atom. The standard InChI is InChI=1S/C10H13ClN.3C4H9.Sn/c1-8-4-5-10(11)6-9(8)7-12(2)3;3*1-3-4-2;/h4-6H,1,7H2,2-3H3;3*1,3-4H2,2H3;. The molecule has 0 aliphatic rings. The first-order valence-electron chi connectivity index (χ1n) is 10.4. The molecule has 0 aliphatic carbocycles. The number of hydrogen-bond donors (Lipinski definition) is 0. The van der Waals surface area contributed by atoms with Crippen LogP contribution < -0.4 is 0 Å². The predicted octanol–water partition coefficient (Wildman–Crippen LogP) is 7.33. The summed E-state index contributed by atoms with van der Waals surface area (Å²) in [6.07, 6.45) is 8.38. The summed E-state index contributed by atoms with van der Waals surface area (Å²) < 4.78 is 6.16. The van der Waals surface area contributed by atoms with Crippen molar-refractivity contribution in [3.05, 3.63) is 34.3 Å². The summed E-state index contributed by atoms with van der Waals surface area (Å²) in [6, 6.07) is 6.68. The van der Waals surface area contributed by atoms with Gasteiger partial charge in [-0.05, 0) is 0 Å². The molecule has 1 nitrogen and oxygen atoms in total. The minimum atomic E-state index is -2.15. The molecule has 25 heavy (non-hydrogen) atoms. The number of rotatable bonds is 13. The van der Waals surface area contributed by atoms with Crippen molar-refractivity contribution in [1.29, 1.82) is 0 Å². The van der Waals surface area contributed by atoms with E-state index in [1.165, 1.54) is 48.5 Å². The van der Waals surface area contributed by atoms with E-state index in [4.69, 9.17) is 11.6 Å². The van der Waals surface area contributed by atoms with Crippen molar-refractivity contribution < 1.29 is 0 Å². The summed E-state index contributed by atoms with van der Waals surface area (Å²) in [5, 5.41) is 0.886. The van der Waals surface area contributed by atoms with Crippen LogP contribution in [0.5, 0.6) is 0 Å². The van der Waals surface area contributed by atoms with Gasteiger partial charge in [-0.3, -0.25) is 0 Å². The monoisotopic (exact) mass is 473 g/mol. The van der Waals surface area contributed by atoms with Crippen molar-refractivity contribution in [3.63, 3.8) is 0 Å². The molecule has 3 heteroatoms. The molecule has 0 radical (unpaired) electrons. The van der Waals surface area contributed by atoms with Gasteiger partial charge in [0, 0.05) is 0 Å². The zero-order valence-electron chi connectivity index (χ0n) is 17.3. The molecule has 1 rings (SSSR count). The molecule has 0 atom stereocenters. The van der Waals surface area contributed by atoms with E-state index in [-0.39, 0.29) is 0 Å². The van der Waals surface area contributed by atoms with Crippen molar-refractivity contribution in [2.45, 2.75) is 83.6 Å². The van der Waals surface area contributed by atoms with Crippen molar-refractivity contribution in [1.82, 2.24) is 4.90 Å². The van der Waals surface area contributed by atoms with Crippen molar-refractivity contribution in [3.8, 4) is 0 Å². The quantitative estimate of drug-likeness (QED) is 0.272. The van der Waals surface area contributed by atoms with Gasteiger partial charge < -0.3 is 0 Å². The number of benzene rings is 1. The first-order chi connectivity index (χ1) is 12.0. The number of unbranched alkanes of at least 4 members (excludes halogenated alkanes) is 3. The normalized spacial score (nSPS) is 12.1. The summed E-state index contributed by atoms with van der Waals surface area (Å²) in [5.41, 5.74) is 3.07. The second kappa shape index (κ2) is 12.6. The molecule has 0 heterocycles. The van der Waals surface area contributed by atoms with E-state index in [1.54, 1.807) is 18.9 Å². The fourth-order valence-corrected chi connectivity index (χ4v) is 20.5. The Balaban J connectivity index is 3.12. The molecular weight excluding hydrogens is 432 g/mol. The second-order valence-electron chi connectivity index (χ2n) is 8.14. The summed E-state index contributed by atoms with van der Waals surface area (Å²) in [6.45, 7) is 8.08. The van der Waals surface area contributed by atoms with E-state index in [0.717, 1.165) is 11.6 Å². The number of halogens is 1. The van der Waals surface area contributed by atoms with E-state index in [9.17, 15) is 0 Å². The van der Waals surface area contributed by atoms with Gasteiger partial charge in [-0.15, -0.1) is 0 Å². The maximum absolute atomic E-state index is 6.32. The van der Waals surface area contributed by atoms with E-state index in [0.29, 0.717) is 0 Å². The van der Waals surface area contributed by atoms with Gasteiger partial charge in [0.1, 0.15) is 0 Å². The van der Waals surface area contributed by atoms with E-state index >= 15 is 0 Å². The van der Waals surface area contributed by atoms with Crippen molar-refractivity contribution in [2.75, 3.05) is 14.1 Å². The van der Waals surface area contributed by atoms with Crippen LogP contribution in [0.1, 0.15) is 70.4 Å². The zero-order valence-corrected chi connectivity index (χ0v) is 20.9. The van der Waals surface area contributed by atoms with Gasteiger partial charge in [0.25, 0.3) is 0 Å². The fourth-order valence-electron chi connectivity index (χ4n) is 3.95. The zero-order chi connectivity index (χ0) is 18.7. The van der Waals surface area contributed by atoms with Gasteiger partial charge >= 0.3 is 167 Å². The van der Waals surface area contributed by atoms with Crippen LogP contribution in [0.15, 0.2) is 18.2 Å². The molecular formula is C22H40ClNSn. The molecule has 144 valence electrons. The topological polar surface area (TPSA) is 3.24 Å². The van der Waals surface area contributed by atoms with E-state index < -0.39 is 18.4 Å². The van der Waals surface area contributed by atoms with Crippen LogP contribution in [-0.2, 0) is 11.0 Å². The summed E-state index contributed by atoms with van der Waals surface area (Å²) in [5.74, 6) is 0. The van der Waals surface area contributed by atoms with Crippen LogP contribution in [0, 0.1) is 0 Å². The first-order valence-corrected chi connectivity index (χ1v) is 18.8. The molecule has 0 aliphatic heterocycles. The molecule has 0 spiro atoms. The van der Waals surface area contributed by atoms with Gasteiger partial charge in [0.15, 0.2) is 0 Å². The second-order valence-corrected chi connectivity index (χ2v) is 22.4. The molecule has 0 amide bonds. The van der Waals surface area contributed by atoms with Crippen LogP contribution in [0.2, 0.25) is 18.3 Å². The molecule has 0 saturated carbocycles. The number of hydrogen-bond acceptors (Lipinski definition) is 1. The molecule has 0 fully saturated rings. The molecule has 1 aromatic carbocycles. The predicted molar refractivity (Wildman–Crippen MR) is 117 cm³/mol. The van der Waals surface area contributed by atoms with Crippen LogP contribution in [-0.4, -0.2) is 37.4 Å². The third kappa shape index (κ3) is 8.66. The Morgan fingerprint density at radius 2 is 1.36 bits per heavy atom. The Hall–Kier alpha value is 0.269. The summed E-state index contributed by atoms with van der Waals surface area (Å²) in [7, 11) is 4.32. The van der Waals surface area contributed by atoms with E-state index in [2.05, 4.69) is 58.0 Å². The van der Waals surface area contributed by atoms with Crippen LogP contribution in [0.25, 0.3) is 0 Å². The molecule has 0 saturated heterocycles. The number of nitrogens with zero attached hydrogens (tertiary/aromatic N) is 1. The van der Waals surface area contributed by atoms with Gasteiger partial charge in [0.2, 0.25) is 0 Å². The summed E-state index contributed by atoms with van der Waals surface area (Å²) in [4.78, 5) is 2.27. The third-order valence-corrected chi connectivity index (χ3v) is 21.0. The average Bonchev–Trinajstić information content (AvgIpc) is 2.58. The maximum atomic E-state index is 6.32. The SMILES string of the molecule is CCC[CH2][Sn]([CH2]CCC)([CH2]CCC)[CH2]c1ccc(Cl)cc1CN(C)C. The Morgan fingerprint density at radius 1 is 0.840 bits per heavy atom. The Bertz CT molecular complexity index is 465. The molecule has 1 aromatic rings. The van der Waals surface area contributed by atoms with Crippen molar-refractivity contribution >= 4 is 30.0 Å². The van der Waals surface area contributed by atoms with Gasteiger partial charge in [-0.1, -0.05) is 0 Å². The fraction of sp³-hybridized carbons (Fsp3) is 0.727. The van der Waals surface area contributed by atoms with Crippen LogP contribution >= 0.6 is 11.6 Å². The molecule has 0 unspecified atom stereocenters.